The highest BCUT2D eigenvalue weighted by atomic mass is 32.2. The normalized spacial score (nSPS) is 19.4. The number of rotatable bonds is 3. The molecule has 1 aliphatic heterocycles. The Morgan fingerprint density at radius 1 is 1.59 bits per heavy atom. The van der Waals surface area contributed by atoms with Crippen LogP contribution < -0.4 is 4.90 Å². The Bertz CT molecular complexity index is 442. The number of nitriles is 1. The van der Waals surface area contributed by atoms with Gasteiger partial charge < -0.3 is 10.0 Å². The molecule has 90 valence electrons. The zero-order chi connectivity index (χ0) is 12.3. The van der Waals surface area contributed by atoms with Crippen LogP contribution in [0.15, 0.2) is 23.1 Å². The van der Waals surface area contributed by atoms with Gasteiger partial charge in [0.05, 0.1) is 17.4 Å². The fourth-order valence-corrected chi connectivity index (χ4v) is 2.91. The van der Waals surface area contributed by atoms with Crippen molar-refractivity contribution in [1.82, 2.24) is 0 Å². The van der Waals surface area contributed by atoms with Crippen molar-refractivity contribution in [2.45, 2.75) is 24.3 Å². The lowest BCUT2D eigenvalue weighted by molar-refractivity contribution is 0.198. The van der Waals surface area contributed by atoms with Crippen molar-refractivity contribution >= 4 is 17.4 Å². The highest BCUT2D eigenvalue weighted by Crippen LogP contribution is 2.31. The van der Waals surface area contributed by atoms with Gasteiger partial charge in [-0.2, -0.15) is 5.26 Å². The maximum absolute atomic E-state index is 9.57. The van der Waals surface area contributed by atoms with E-state index in [1.54, 1.807) is 11.8 Å². The van der Waals surface area contributed by atoms with Gasteiger partial charge in [0.1, 0.15) is 6.07 Å². The number of hydrogen-bond acceptors (Lipinski definition) is 4. The summed E-state index contributed by atoms with van der Waals surface area (Å²) >= 11 is 1.69. The summed E-state index contributed by atoms with van der Waals surface area (Å²) in [7, 11) is 0. The van der Waals surface area contributed by atoms with Crippen molar-refractivity contribution in [2.75, 3.05) is 23.7 Å². The van der Waals surface area contributed by atoms with Crippen molar-refractivity contribution in [3.63, 3.8) is 0 Å². The van der Waals surface area contributed by atoms with Crippen LogP contribution in [0.4, 0.5) is 5.69 Å². The Hall–Kier alpha value is -1.18. The number of anilines is 1. The molecule has 2 rings (SSSR count). The molecule has 4 heteroatoms. The second kappa shape index (κ2) is 5.44. The summed E-state index contributed by atoms with van der Waals surface area (Å²) in [4.78, 5) is 3.14. The first-order valence-electron chi connectivity index (χ1n) is 5.85. The molecule has 3 nitrogen and oxygen atoms in total. The van der Waals surface area contributed by atoms with Gasteiger partial charge in [-0.25, -0.2) is 0 Å². The number of hydrogen-bond donors (Lipinski definition) is 1. The van der Waals surface area contributed by atoms with E-state index in [-0.39, 0.29) is 6.10 Å². The molecule has 17 heavy (non-hydrogen) atoms. The molecule has 0 aromatic heterocycles. The lowest BCUT2D eigenvalue weighted by Gasteiger charge is -2.20. The van der Waals surface area contributed by atoms with E-state index in [2.05, 4.69) is 17.9 Å². The largest absolute Gasteiger partial charge is 0.391 e. The molecular weight excluding hydrogens is 232 g/mol. The molecule has 1 unspecified atom stereocenters. The van der Waals surface area contributed by atoms with Gasteiger partial charge in [-0.15, -0.1) is 11.8 Å². The van der Waals surface area contributed by atoms with Gasteiger partial charge in [0.15, 0.2) is 0 Å². The first-order valence-corrected chi connectivity index (χ1v) is 6.83. The summed E-state index contributed by atoms with van der Waals surface area (Å²) < 4.78 is 0. The van der Waals surface area contributed by atoms with Crippen molar-refractivity contribution in [1.29, 1.82) is 5.26 Å². The predicted molar refractivity (Wildman–Crippen MR) is 70.4 cm³/mol. The molecule has 1 N–H and O–H groups in total. The molecule has 0 aliphatic carbocycles. The third kappa shape index (κ3) is 2.56. The standard InChI is InChI=1S/C13H16N2OS/c1-2-17-13-5-3-4-12(11(13)8-14)15-7-6-10(16)9-15/h3-5,10,16H,2,6-7,9H2,1H3. The van der Waals surface area contributed by atoms with Gasteiger partial charge in [-0.1, -0.05) is 13.0 Å². The summed E-state index contributed by atoms with van der Waals surface area (Å²) in [5, 5.41) is 18.9. The van der Waals surface area contributed by atoms with Gasteiger partial charge in [-0.3, -0.25) is 0 Å². The number of aliphatic hydroxyl groups is 1. The number of aliphatic hydroxyl groups excluding tert-OH is 1. The van der Waals surface area contributed by atoms with Crippen molar-refractivity contribution in [3.8, 4) is 6.07 Å². The van der Waals surface area contributed by atoms with Gasteiger partial charge in [0, 0.05) is 18.0 Å². The molecule has 0 spiro atoms. The lowest BCUT2D eigenvalue weighted by Crippen LogP contribution is -2.22. The van der Waals surface area contributed by atoms with E-state index in [0.717, 1.165) is 34.9 Å². The number of benzene rings is 1. The predicted octanol–water partition coefficient (Wildman–Crippen LogP) is 2.24. The van der Waals surface area contributed by atoms with Crippen LogP contribution in [0.3, 0.4) is 0 Å². The molecule has 0 saturated carbocycles. The van der Waals surface area contributed by atoms with Crippen LogP contribution in [0.25, 0.3) is 0 Å². The van der Waals surface area contributed by atoms with Crippen LogP contribution in [0, 0.1) is 11.3 Å². The number of β-amino-alcohol motifs (C(OH)–C–C–N with tert-alkyl or cyclic N) is 1. The first-order chi connectivity index (χ1) is 8.26. The van der Waals surface area contributed by atoms with Crippen molar-refractivity contribution < 1.29 is 5.11 Å². The Morgan fingerprint density at radius 3 is 3.00 bits per heavy atom. The van der Waals surface area contributed by atoms with Crippen LogP contribution in [-0.4, -0.2) is 30.1 Å². The zero-order valence-corrected chi connectivity index (χ0v) is 10.7. The third-order valence-corrected chi connectivity index (χ3v) is 3.86. The minimum Gasteiger partial charge on any atom is -0.391 e. The first kappa shape index (κ1) is 12.3. The Labute approximate surface area is 106 Å². The molecule has 0 amide bonds. The van der Waals surface area contributed by atoms with E-state index >= 15 is 0 Å². The van der Waals surface area contributed by atoms with E-state index in [0.29, 0.717) is 6.54 Å². The van der Waals surface area contributed by atoms with E-state index in [9.17, 15) is 10.4 Å². The molecule has 1 heterocycles. The van der Waals surface area contributed by atoms with Gasteiger partial charge >= 0.3 is 0 Å². The highest BCUT2D eigenvalue weighted by molar-refractivity contribution is 7.99. The van der Waals surface area contributed by atoms with Crippen molar-refractivity contribution in [2.24, 2.45) is 0 Å². The minimum atomic E-state index is -0.260. The summed E-state index contributed by atoms with van der Waals surface area (Å²) in [6, 6.07) is 8.24. The topological polar surface area (TPSA) is 47.3 Å². The van der Waals surface area contributed by atoms with E-state index < -0.39 is 0 Å². The Balaban J connectivity index is 2.33. The molecule has 1 fully saturated rings. The van der Waals surface area contributed by atoms with E-state index in [4.69, 9.17) is 0 Å². The summed E-state index contributed by atoms with van der Waals surface area (Å²) in [6.45, 7) is 3.54. The SMILES string of the molecule is CCSc1cccc(N2CCC(O)C2)c1C#N. The van der Waals surface area contributed by atoms with Gasteiger partial charge in [0.25, 0.3) is 0 Å². The molecule has 1 atom stereocenters. The van der Waals surface area contributed by atoms with Gasteiger partial charge in [-0.05, 0) is 24.3 Å². The Morgan fingerprint density at radius 2 is 2.41 bits per heavy atom. The molecule has 0 radical (unpaired) electrons. The number of nitrogens with zero attached hydrogens (tertiary/aromatic N) is 2. The van der Waals surface area contributed by atoms with Crippen LogP contribution in [0.2, 0.25) is 0 Å². The second-order valence-corrected chi connectivity index (χ2v) is 5.39. The summed E-state index contributed by atoms with van der Waals surface area (Å²) in [5.41, 5.74) is 1.70. The smallest absolute Gasteiger partial charge is 0.103 e. The highest BCUT2D eigenvalue weighted by Gasteiger charge is 2.23. The lowest BCUT2D eigenvalue weighted by atomic mass is 10.2. The summed E-state index contributed by atoms with van der Waals surface area (Å²) in [5.74, 6) is 0.959. The third-order valence-electron chi connectivity index (χ3n) is 2.92. The Kier molecular flexibility index (Phi) is 3.93. The maximum atomic E-state index is 9.57. The summed E-state index contributed by atoms with van der Waals surface area (Å²) in [6.07, 6.45) is 0.528. The quantitative estimate of drug-likeness (QED) is 0.833. The molecular formula is C13H16N2OS. The molecule has 0 bridgehead atoms. The van der Waals surface area contributed by atoms with Crippen molar-refractivity contribution in [3.05, 3.63) is 23.8 Å². The molecule has 1 aromatic rings. The van der Waals surface area contributed by atoms with Crippen LogP contribution in [-0.2, 0) is 0 Å². The average Bonchev–Trinajstić information content (AvgIpc) is 2.76. The zero-order valence-electron chi connectivity index (χ0n) is 9.89. The molecule has 1 aliphatic rings. The number of thioether (sulfide) groups is 1. The fraction of sp³-hybridized carbons (Fsp3) is 0.462. The van der Waals surface area contributed by atoms with Gasteiger partial charge in [0.2, 0.25) is 0 Å². The molecule has 1 saturated heterocycles. The molecule has 1 aromatic carbocycles. The van der Waals surface area contributed by atoms with E-state index in [1.807, 2.05) is 18.2 Å². The fourth-order valence-electron chi connectivity index (χ4n) is 2.13. The van der Waals surface area contributed by atoms with Crippen LogP contribution in [0.1, 0.15) is 18.9 Å². The van der Waals surface area contributed by atoms with Crippen LogP contribution in [0.5, 0.6) is 0 Å². The second-order valence-electron chi connectivity index (χ2n) is 4.08. The van der Waals surface area contributed by atoms with Crippen LogP contribution >= 0.6 is 11.8 Å². The minimum absolute atomic E-state index is 0.260. The monoisotopic (exact) mass is 248 g/mol. The maximum Gasteiger partial charge on any atom is 0.103 e. The average molecular weight is 248 g/mol. The van der Waals surface area contributed by atoms with E-state index in [1.165, 1.54) is 0 Å².